The van der Waals surface area contributed by atoms with Gasteiger partial charge >= 0.3 is 0 Å². The smallest absolute Gasteiger partial charge is 0.251 e. The summed E-state index contributed by atoms with van der Waals surface area (Å²) in [5.74, 6) is -0.105. The molecular weight excluding hydrogens is 358 g/mol. The number of hydrogen-bond donors (Lipinski definition) is 1. The molecule has 0 aliphatic rings. The summed E-state index contributed by atoms with van der Waals surface area (Å²) < 4.78 is 17.6. The second-order valence-corrected chi connectivity index (χ2v) is 6.45. The summed E-state index contributed by atoms with van der Waals surface area (Å²) in [5.41, 5.74) is 2.96. The Balaban J connectivity index is 1.70. The first kappa shape index (κ1) is 22.1. The largest absolute Gasteiger partial charge is 0.382 e. The van der Waals surface area contributed by atoms with E-state index >= 15 is 0 Å². The molecule has 0 aliphatic heterocycles. The number of ether oxygens (including phenoxy) is 3. The van der Waals surface area contributed by atoms with Crippen LogP contribution in [0.2, 0.25) is 0 Å². The molecule has 1 heterocycles. The summed E-state index contributed by atoms with van der Waals surface area (Å²) in [5, 5.41) is 7.27. The second kappa shape index (κ2) is 12.3. The van der Waals surface area contributed by atoms with Gasteiger partial charge in [-0.05, 0) is 36.6 Å². The number of aromatic nitrogens is 2. The Morgan fingerprint density at radius 2 is 1.79 bits per heavy atom. The number of amides is 1. The highest BCUT2D eigenvalue weighted by Gasteiger charge is 2.11. The molecule has 0 aliphatic carbocycles. The molecule has 0 bridgehead atoms. The first-order valence-corrected chi connectivity index (χ1v) is 9.71. The summed E-state index contributed by atoms with van der Waals surface area (Å²) in [4.78, 5) is 12.2. The van der Waals surface area contributed by atoms with Crippen LogP contribution in [0.15, 0.2) is 36.7 Å². The molecule has 1 aromatic carbocycles. The number of benzene rings is 1. The molecular formula is C21H31N3O4. The van der Waals surface area contributed by atoms with E-state index in [1.807, 2.05) is 35.1 Å². The zero-order chi connectivity index (χ0) is 20.2. The van der Waals surface area contributed by atoms with Crippen LogP contribution in [0.3, 0.4) is 0 Å². The van der Waals surface area contributed by atoms with E-state index in [0.29, 0.717) is 45.1 Å². The van der Waals surface area contributed by atoms with Crippen molar-refractivity contribution < 1.29 is 19.0 Å². The van der Waals surface area contributed by atoms with Gasteiger partial charge in [-0.3, -0.25) is 9.48 Å². The zero-order valence-electron chi connectivity index (χ0n) is 17.0. The van der Waals surface area contributed by atoms with Crippen molar-refractivity contribution in [2.45, 2.75) is 26.3 Å². The zero-order valence-corrected chi connectivity index (χ0v) is 17.0. The standard InChI is InChI=1S/C21H31N3O4/c1-4-18-15-23-24(16-18)17(2)19-5-7-20(8-6-19)21(25)22-9-10-27-13-14-28-12-11-26-3/h5-8,15-17H,4,9-14H2,1-3H3,(H,22,25). The molecule has 1 amide bonds. The van der Waals surface area contributed by atoms with Crippen molar-refractivity contribution in [2.24, 2.45) is 0 Å². The number of carbonyl (C=O) groups excluding carboxylic acids is 1. The van der Waals surface area contributed by atoms with Crippen molar-refractivity contribution in [3.8, 4) is 0 Å². The van der Waals surface area contributed by atoms with E-state index in [1.54, 1.807) is 7.11 Å². The molecule has 7 nitrogen and oxygen atoms in total. The fourth-order valence-corrected chi connectivity index (χ4v) is 2.64. The lowest BCUT2D eigenvalue weighted by atomic mass is 10.1. The highest BCUT2D eigenvalue weighted by molar-refractivity contribution is 5.94. The Morgan fingerprint density at radius 3 is 2.43 bits per heavy atom. The Hall–Kier alpha value is -2.22. The van der Waals surface area contributed by atoms with Crippen LogP contribution >= 0.6 is 0 Å². The molecule has 0 spiro atoms. The first-order valence-electron chi connectivity index (χ1n) is 9.71. The van der Waals surface area contributed by atoms with Gasteiger partial charge in [0.1, 0.15) is 0 Å². The topological polar surface area (TPSA) is 74.6 Å². The number of nitrogens with one attached hydrogen (secondary N) is 1. The second-order valence-electron chi connectivity index (χ2n) is 6.45. The number of aryl methyl sites for hydroxylation is 1. The fraction of sp³-hybridized carbons (Fsp3) is 0.524. The molecule has 2 rings (SSSR count). The lowest BCUT2D eigenvalue weighted by molar-refractivity contribution is 0.0255. The van der Waals surface area contributed by atoms with E-state index in [2.05, 4.69) is 30.5 Å². The van der Waals surface area contributed by atoms with E-state index in [-0.39, 0.29) is 11.9 Å². The molecule has 1 unspecified atom stereocenters. The van der Waals surface area contributed by atoms with Gasteiger partial charge < -0.3 is 19.5 Å². The summed E-state index contributed by atoms with van der Waals surface area (Å²) in [6.07, 6.45) is 4.93. The van der Waals surface area contributed by atoms with E-state index < -0.39 is 0 Å². The molecule has 0 saturated carbocycles. The molecule has 0 fully saturated rings. The maximum absolute atomic E-state index is 12.2. The maximum Gasteiger partial charge on any atom is 0.251 e. The van der Waals surface area contributed by atoms with E-state index in [1.165, 1.54) is 5.56 Å². The summed E-state index contributed by atoms with van der Waals surface area (Å²) in [6, 6.07) is 7.75. The molecule has 2 aromatic rings. The third-order valence-electron chi connectivity index (χ3n) is 4.45. The fourth-order valence-electron chi connectivity index (χ4n) is 2.64. The Labute approximate surface area is 167 Å². The minimum Gasteiger partial charge on any atom is -0.382 e. The summed E-state index contributed by atoms with van der Waals surface area (Å²) >= 11 is 0. The van der Waals surface area contributed by atoms with Crippen LogP contribution in [0.4, 0.5) is 0 Å². The van der Waals surface area contributed by atoms with Crippen LogP contribution in [-0.4, -0.2) is 62.4 Å². The highest BCUT2D eigenvalue weighted by atomic mass is 16.5. The predicted molar refractivity (Wildman–Crippen MR) is 108 cm³/mol. The van der Waals surface area contributed by atoms with Crippen LogP contribution in [0.25, 0.3) is 0 Å². The molecule has 0 saturated heterocycles. The van der Waals surface area contributed by atoms with Crippen molar-refractivity contribution in [1.82, 2.24) is 15.1 Å². The number of hydrogen-bond acceptors (Lipinski definition) is 5. The maximum atomic E-state index is 12.2. The van der Waals surface area contributed by atoms with Crippen LogP contribution in [-0.2, 0) is 20.6 Å². The average molecular weight is 389 g/mol. The Kier molecular flexibility index (Phi) is 9.68. The monoisotopic (exact) mass is 389 g/mol. The van der Waals surface area contributed by atoms with Crippen LogP contribution < -0.4 is 5.32 Å². The average Bonchev–Trinajstić information content (AvgIpc) is 3.21. The predicted octanol–water partition coefficient (Wildman–Crippen LogP) is 2.46. The van der Waals surface area contributed by atoms with Crippen molar-refractivity contribution >= 4 is 5.91 Å². The molecule has 28 heavy (non-hydrogen) atoms. The Morgan fingerprint density at radius 1 is 1.11 bits per heavy atom. The molecule has 1 atom stereocenters. The molecule has 0 radical (unpaired) electrons. The minimum atomic E-state index is -0.105. The van der Waals surface area contributed by atoms with Gasteiger partial charge in [-0.25, -0.2) is 0 Å². The lowest BCUT2D eigenvalue weighted by Crippen LogP contribution is -2.27. The van der Waals surface area contributed by atoms with Crippen molar-refractivity contribution in [1.29, 1.82) is 0 Å². The van der Waals surface area contributed by atoms with Crippen LogP contribution in [0, 0.1) is 0 Å². The number of rotatable bonds is 13. The van der Waals surface area contributed by atoms with Gasteiger partial charge in [0, 0.05) is 25.4 Å². The number of nitrogens with zero attached hydrogens (tertiary/aromatic N) is 2. The number of methoxy groups -OCH3 is 1. The van der Waals surface area contributed by atoms with Gasteiger partial charge in [0.15, 0.2) is 0 Å². The van der Waals surface area contributed by atoms with E-state index in [4.69, 9.17) is 14.2 Å². The van der Waals surface area contributed by atoms with Gasteiger partial charge in [-0.1, -0.05) is 19.1 Å². The van der Waals surface area contributed by atoms with E-state index in [9.17, 15) is 4.79 Å². The molecule has 1 aromatic heterocycles. The third kappa shape index (κ3) is 7.07. The van der Waals surface area contributed by atoms with Gasteiger partial charge in [-0.2, -0.15) is 5.10 Å². The third-order valence-corrected chi connectivity index (χ3v) is 4.45. The summed E-state index contributed by atoms with van der Waals surface area (Å²) in [7, 11) is 1.64. The van der Waals surface area contributed by atoms with Crippen molar-refractivity contribution in [3.63, 3.8) is 0 Å². The highest BCUT2D eigenvalue weighted by Crippen LogP contribution is 2.18. The van der Waals surface area contributed by atoms with Crippen molar-refractivity contribution in [3.05, 3.63) is 53.3 Å². The normalized spacial score (nSPS) is 12.1. The number of carbonyl (C=O) groups is 1. The minimum absolute atomic E-state index is 0.105. The SMILES string of the molecule is CCc1cnn(C(C)c2ccc(C(=O)NCCOCCOCCOC)cc2)c1. The van der Waals surface area contributed by atoms with Gasteiger partial charge in [0.25, 0.3) is 5.91 Å². The van der Waals surface area contributed by atoms with Crippen molar-refractivity contribution in [2.75, 3.05) is 46.7 Å². The van der Waals surface area contributed by atoms with Crippen LogP contribution in [0.1, 0.15) is 41.4 Å². The van der Waals surface area contributed by atoms with E-state index in [0.717, 1.165) is 12.0 Å². The Bertz CT molecular complexity index is 700. The molecule has 7 heteroatoms. The molecule has 1 N–H and O–H groups in total. The van der Waals surface area contributed by atoms with Gasteiger partial charge in [0.2, 0.25) is 0 Å². The molecule has 154 valence electrons. The summed E-state index contributed by atoms with van der Waals surface area (Å²) in [6.45, 7) is 7.28. The van der Waals surface area contributed by atoms with Gasteiger partial charge in [0.05, 0.1) is 45.3 Å². The first-order chi connectivity index (χ1) is 13.7. The quantitative estimate of drug-likeness (QED) is 0.533. The van der Waals surface area contributed by atoms with Gasteiger partial charge in [-0.15, -0.1) is 0 Å². The van der Waals surface area contributed by atoms with Crippen LogP contribution in [0.5, 0.6) is 0 Å². The lowest BCUT2D eigenvalue weighted by Gasteiger charge is -2.13.